The van der Waals surface area contributed by atoms with E-state index in [0.29, 0.717) is 4.90 Å². The Morgan fingerprint density at radius 2 is 1.62 bits per heavy atom. The first-order valence-corrected chi connectivity index (χ1v) is 9.22. The van der Waals surface area contributed by atoms with Crippen molar-refractivity contribution in [2.24, 2.45) is 5.16 Å². The molecule has 8 heteroatoms. The molecule has 0 saturated heterocycles. The zero-order valence-corrected chi connectivity index (χ0v) is 14.4. The lowest BCUT2D eigenvalue weighted by molar-refractivity contribution is -0.134. The number of benzene rings is 2. The minimum atomic E-state index is -4.10. The number of nitrogens with zero attached hydrogens (tertiary/aromatic N) is 1. The third-order valence-electron chi connectivity index (χ3n) is 2.66. The number of ether oxygens (including phenoxy) is 1. The van der Waals surface area contributed by atoms with Crippen LogP contribution in [0.3, 0.4) is 0 Å². The van der Waals surface area contributed by atoms with Gasteiger partial charge in [-0.3, -0.25) is 4.28 Å². The second kappa shape index (κ2) is 8.51. The van der Waals surface area contributed by atoms with E-state index in [1.807, 2.05) is 6.07 Å². The van der Waals surface area contributed by atoms with Gasteiger partial charge in [0.25, 0.3) is 0 Å². The van der Waals surface area contributed by atoms with Crippen LogP contribution in [0.4, 0.5) is 0 Å². The highest BCUT2D eigenvalue weighted by atomic mass is 32.2. The maximum absolute atomic E-state index is 12.1. The van der Waals surface area contributed by atoms with Crippen molar-refractivity contribution in [2.45, 2.75) is 16.7 Å². The van der Waals surface area contributed by atoms with E-state index < -0.39 is 16.1 Å². The van der Waals surface area contributed by atoms with E-state index in [1.54, 1.807) is 49.4 Å². The van der Waals surface area contributed by atoms with Crippen LogP contribution in [0, 0.1) is 0 Å². The van der Waals surface area contributed by atoms with Crippen LogP contribution >= 0.6 is 11.8 Å². The second-order valence-electron chi connectivity index (χ2n) is 4.37. The van der Waals surface area contributed by atoms with Gasteiger partial charge in [0.1, 0.15) is 4.90 Å². The minimum absolute atomic E-state index is 0.0540. The molecular weight excluding hydrogens is 350 g/mol. The Hall–Kier alpha value is -2.32. The molecule has 2 aromatic carbocycles. The molecule has 0 aliphatic rings. The van der Waals surface area contributed by atoms with Crippen LogP contribution in [-0.4, -0.2) is 26.0 Å². The van der Waals surface area contributed by atoms with Crippen LogP contribution in [0.5, 0.6) is 0 Å². The van der Waals surface area contributed by atoms with E-state index in [0.717, 1.165) is 11.8 Å². The zero-order chi connectivity index (χ0) is 17.4. The maximum Gasteiger partial charge on any atom is 0.367 e. The molecule has 0 atom stereocenters. The quantitative estimate of drug-likeness (QED) is 0.266. The van der Waals surface area contributed by atoms with Crippen LogP contribution in [0.2, 0.25) is 0 Å². The molecule has 0 aliphatic carbocycles. The van der Waals surface area contributed by atoms with Gasteiger partial charge < -0.3 is 4.74 Å². The molecule has 0 N–H and O–H groups in total. The number of hydrogen-bond donors (Lipinski definition) is 0. The predicted molar refractivity (Wildman–Crippen MR) is 91.1 cm³/mol. The summed E-state index contributed by atoms with van der Waals surface area (Å²) in [5.41, 5.74) is 0. The zero-order valence-electron chi connectivity index (χ0n) is 12.8. The summed E-state index contributed by atoms with van der Waals surface area (Å²) >= 11 is 0.959. The Balaban J connectivity index is 2.23. The van der Waals surface area contributed by atoms with Crippen molar-refractivity contribution >= 4 is 32.9 Å². The van der Waals surface area contributed by atoms with Crippen LogP contribution in [0.1, 0.15) is 6.92 Å². The van der Waals surface area contributed by atoms with Gasteiger partial charge in [0.05, 0.1) is 6.61 Å². The SMILES string of the molecule is CCOC(=O)/C(=N/OS(=O)(=O)c1ccccc1)Sc1ccccc1. The van der Waals surface area contributed by atoms with E-state index in [-0.39, 0.29) is 16.5 Å². The lowest BCUT2D eigenvalue weighted by atomic mass is 10.4. The van der Waals surface area contributed by atoms with E-state index in [4.69, 9.17) is 4.74 Å². The molecule has 0 fully saturated rings. The number of esters is 1. The van der Waals surface area contributed by atoms with Gasteiger partial charge in [-0.05, 0) is 31.2 Å². The summed E-state index contributed by atoms with van der Waals surface area (Å²) in [6.07, 6.45) is 0. The maximum atomic E-state index is 12.1. The van der Waals surface area contributed by atoms with Crippen molar-refractivity contribution in [3.05, 3.63) is 60.7 Å². The third kappa shape index (κ3) is 5.10. The molecule has 24 heavy (non-hydrogen) atoms. The number of thioether (sulfide) groups is 1. The molecular formula is C16H15NO5S2. The summed E-state index contributed by atoms with van der Waals surface area (Å²) in [4.78, 5) is 12.6. The van der Waals surface area contributed by atoms with E-state index in [9.17, 15) is 13.2 Å². The molecule has 0 saturated carbocycles. The van der Waals surface area contributed by atoms with Crippen molar-refractivity contribution in [1.82, 2.24) is 0 Å². The lowest BCUT2D eigenvalue weighted by Crippen LogP contribution is -2.16. The minimum Gasteiger partial charge on any atom is -0.461 e. The third-order valence-corrected chi connectivity index (χ3v) is 4.72. The van der Waals surface area contributed by atoms with Crippen LogP contribution in [-0.2, 0) is 23.9 Å². The van der Waals surface area contributed by atoms with E-state index in [2.05, 4.69) is 9.44 Å². The molecule has 2 rings (SSSR count). The van der Waals surface area contributed by atoms with Gasteiger partial charge in [-0.25, -0.2) is 4.79 Å². The fourth-order valence-electron chi connectivity index (χ4n) is 1.60. The average molecular weight is 365 g/mol. The monoisotopic (exact) mass is 365 g/mol. The van der Waals surface area contributed by atoms with Crippen molar-refractivity contribution in [3.8, 4) is 0 Å². The molecule has 0 unspecified atom stereocenters. The number of carbonyl (C=O) groups is 1. The number of hydrogen-bond acceptors (Lipinski definition) is 7. The summed E-state index contributed by atoms with van der Waals surface area (Å²) in [6, 6.07) is 16.4. The molecule has 0 bridgehead atoms. The van der Waals surface area contributed by atoms with Crippen LogP contribution in [0.25, 0.3) is 0 Å². The number of oxime groups is 1. The lowest BCUT2D eigenvalue weighted by Gasteiger charge is -2.06. The van der Waals surface area contributed by atoms with Crippen molar-refractivity contribution in [1.29, 1.82) is 0 Å². The molecule has 0 spiro atoms. The van der Waals surface area contributed by atoms with Gasteiger partial charge in [0, 0.05) is 4.90 Å². The van der Waals surface area contributed by atoms with Crippen LogP contribution < -0.4 is 0 Å². The first kappa shape index (κ1) is 18.0. The predicted octanol–water partition coefficient (Wildman–Crippen LogP) is 3.06. The molecule has 0 amide bonds. The summed E-state index contributed by atoms with van der Waals surface area (Å²) < 4.78 is 33.7. The fraction of sp³-hybridized carbons (Fsp3) is 0.125. The largest absolute Gasteiger partial charge is 0.461 e. The fourth-order valence-corrected chi connectivity index (χ4v) is 3.13. The van der Waals surface area contributed by atoms with Gasteiger partial charge in [-0.15, -0.1) is 0 Å². The van der Waals surface area contributed by atoms with Gasteiger partial charge in [0.15, 0.2) is 0 Å². The Labute approximate surface area is 144 Å². The first-order valence-electron chi connectivity index (χ1n) is 6.99. The summed E-state index contributed by atoms with van der Waals surface area (Å²) in [6.45, 7) is 1.78. The molecule has 6 nitrogen and oxygen atoms in total. The van der Waals surface area contributed by atoms with Gasteiger partial charge in [0.2, 0.25) is 5.04 Å². The van der Waals surface area contributed by atoms with E-state index >= 15 is 0 Å². The van der Waals surface area contributed by atoms with E-state index in [1.165, 1.54) is 12.1 Å². The van der Waals surface area contributed by atoms with Gasteiger partial charge in [-0.2, -0.15) is 8.42 Å². The molecule has 0 heterocycles. The average Bonchev–Trinajstić information content (AvgIpc) is 2.60. The standard InChI is InChI=1S/C16H15NO5S2/c1-2-21-16(18)15(23-13-9-5-3-6-10-13)17-22-24(19,20)14-11-7-4-8-12-14/h3-12H,2H2,1H3/b17-15-. The van der Waals surface area contributed by atoms with Crippen molar-refractivity contribution < 1.29 is 22.2 Å². The highest BCUT2D eigenvalue weighted by Crippen LogP contribution is 2.21. The summed E-state index contributed by atoms with van der Waals surface area (Å²) in [7, 11) is -4.10. The first-order chi connectivity index (χ1) is 11.5. The van der Waals surface area contributed by atoms with Crippen molar-refractivity contribution in [3.63, 3.8) is 0 Å². The molecule has 0 radical (unpaired) electrons. The number of carbonyl (C=O) groups excluding carboxylic acids is 1. The highest BCUT2D eigenvalue weighted by Gasteiger charge is 2.20. The molecule has 0 aromatic heterocycles. The Kier molecular flexibility index (Phi) is 6.39. The summed E-state index contributed by atoms with van der Waals surface area (Å²) in [5.74, 6) is -0.755. The smallest absolute Gasteiger partial charge is 0.367 e. The highest BCUT2D eigenvalue weighted by molar-refractivity contribution is 8.15. The Bertz CT molecular complexity index is 805. The normalized spacial score (nSPS) is 11.8. The Morgan fingerprint density at radius 3 is 2.21 bits per heavy atom. The summed E-state index contributed by atoms with van der Waals surface area (Å²) in [5, 5.41) is 3.30. The molecule has 126 valence electrons. The Morgan fingerprint density at radius 1 is 1.04 bits per heavy atom. The van der Waals surface area contributed by atoms with Gasteiger partial charge in [-0.1, -0.05) is 53.3 Å². The molecule has 2 aromatic rings. The van der Waals surface area contributed by atoms with Gasteiger partial charge >= 0.3 is 16.1 Å². The van der Waals surface area contributed by atoms with Crippen LogP contribution in [0.15, 0.2) is 75.6 Å². The second-order valence-corrected chi connectivity index (χ2v) is 6.96. The topological polar surface area (TPSA) is 82.0 Å². The van der Waals surface area contributed by atoms with Crippen molar-refractivity contribution in [2.75, 3.05) is 6.61 Å². The molecule has 0 aliphatic heterocycles. The number of rotatable bonds is 5.